The summed E-state index contributed by atoms with van der Waals surface area (Å²) in [4.78, 5) is 11.1. The minimum Gasteiger partial charge on any atom is -0.377 e. The van der Waals surface area contributed by atoms with Gasteiger partial charge in [-0.05, 0) is 30.5 Å². The van der Waals surface area contributed by atoms with Crippen molar-refractivity contribution < 1.29 is 22.7 Å². The summed E-state index contributed by atoms with van der Waals surface area (Å²) >= 11 is 0. The molecule has 2 nitrogen and oxygen atoms in total. The first-order valence-corrected chi connectivity index (χ1v) is 5.60. The van der Waals surface area contributed by atoms with E-state index in [1.165, 1.54) is 19.2 Å². The third-order valence-electron chi connectivity index (χ3n) is 2.51. The molecule has 0 amide bonds. The first-order chi connectivity index (χ1) is 8.43. The van der Waals surface area contributed by atoms with Crippen LogP contribution >= 0.6 is 0 Å². The molecule has 100 valence electrons. The van der Waals surface area contributed by atoms with Gasteiger partial charge in [0.15, 0.2) is 5.78 Å². The van der Waals surface area contributed by atoms with E-state index < -0.39 is 11.7 Å². The molecule has 0 atom stereocenters. The molecule has 18 heavy (non-hydrogen) atoms. The predicted octanol–water partition coefficient (Wildman–Crippen LogP) is 3.24. The van der Waals surface area contributed by atoms with E-state index in [1.807, 2.05) is 0 Å². The Balaban J connectivity index is 2.42. The maximum Gasteiger partial charge on any atom is 0.416 e. The van der Waals surface area contributed by atoms with Gasteiger partial charge in [-0.3, -0.25) is 4.79 Å². The number of alkyl halides is 3. The highest BCUT2D eigenvalue weighted by Crippen LogP contribution is 2.29. The maximum atomic E-state index is 12.3. The van der Waals surface area contributed by atoms with Gasteiger partial charge in [-0.25, -0.2) is 0 Å². The van der Waals surface area contributed by atoms with Gasteiger partial charge in [-0.1, -0.05) is 12.1 Å². The fourth-order valence-electron chi connectivity index (χ4n) is 1.58. The molecule has 0 fully saturated rings. The summed E-state index contributed by atoms with van der Waals surface area (Å²) < 4.78 is 41.6. The molecule has 1 rings (SSSR count). The first-order valence-electron chi connectivity index (χ1n) is 5.60. The van der Waals surface area contributed by atoms with Gasteiger partial charge >= 0.3 is 6.18 Å². The molecule has 0 unspecified atom stereocenters. The summed E-state index contributed by atoms with van der Waals surface area (Å²) in [5, 5.41) is 0. The van der Waals surface area contributed by atoms with Gasteiger partial charge in [0.25, 0.3) is 0 Å². The topological polar surface area (TPSA) is 26.3 Å². The van der Waals surface area contributed by atoms with Crippen LogP contribution in [0.4, 0.5) is 13.2 Å². The van der Waals surface area contributed by atoms with Crippen molar-refractivity contribution in [2.45, 2.75) is 25.4 Å². The Kier molecular flexibility index (Phi) is 5.34. The first kappa shape index (κ1) is 14.7. The van der Waals surface area contributed by atoms with E-state index in [2.05, 4.69) is 4.74 Å². The molecule has 0 aliphatic heterocycles. The second-order valence-electron chi connectivity index (χ2n) is 4.02. The maximum absolute atomic E-state index is 12.3. The van der Waals surface area contributed by atoms with E-state index >= 15 is 0 Å². The number of aryl methyl sites for hydroxylation is 1. The van der Waals surface area contributed by atoms with Crippen molar-refractivity contribution in [3.8, 4) is 0 Å². The highest BCUT2D eigenvalue weighted by Gasteiger charge is 2.29. The SMILES string of the molecule is COCC(=O)CCCc1ccc(C(F)(F)F)cc1. The number of carbonyl (C=O) groups is 1. The highest BCUT2D eigenvalue weighted by atomic mass is 19.4. The predicted molar refractivity (Wildman–Crippen MR) is 61.3 cm³/mol. The molecule has 5 heteroatoms. The van der Waals surface area contributed by atoms with E-state index in [9.17, 15) is 18.0 Å². The Hall–Kier alpha value is -1.36. The number of hydrogen-bond acceptors (Lipinski definition) is 2. The standard InChI is InChI=1S/C13H15F3O2/c1-18-9-12(17)4-2-3-10-5-7-11(8-6-10)13(14,15)16/h5-8H,2-4,9H2,1H3. The number of Topliss-reactive ketones (excluding diaryl/α,β-unsaturated/α-hetero) is 1. The quantitative estimate of drug-likeness (QED) is 0.784. The number of ketones is 1. The zero-order chi connectivity index (χ0) is 13.6. The van der Waals surface area contributed by atoms with E-state index in [4.69, 9.17) is 0 Å². The van der Waals surface area contributed by atoms with Gasteiger partial charge in [0.2, 0.25) is 0 Å². The molecule has 0 saturated heterocycles. The van der Waals surface area contributed by atoms with Crippen LogP contribution in [-0.2, 0) is 22.1 Å². The summed E-state index contributed by atoms with van der Waals surface area (Å²) in [6.45, 7) is 0.0903. The smallest absolute Gasteiger partial charge is 0.377 e. The molecule has 0 spiro atoms. The molecular formula is C13H15F3O2. The zero-order valence-corrected chi connectivity index (χ0v) is 10.1. The van der Waals surface area contributed by atoms with Crippen molar-refractivity contribution >= 4 is 5.78 Å². The van der Waals surface area contributed by atoms with Crippen LogP contribution in [0.3, 0.4) is 0 Å². The van der Waals surface area contributed by atoms with Crippen molar-refractivity contribution in [3.63, 3.8) is 0 Å². The minimum absolute atomic E-state index is 0.00408. The molecule has 0 heterocycles. The van der Waals surface area contributed by atoms with Crippen LogP contribution in [0.1, 0.15) is 24.0 Å². The van der Waals surface area contributed by atoms with Crippen LogP contribution in [0, 0.1) is 0 Å². The van der Waals surface area contributed by atoms with E-state index in [0.29, 0.717) is 19.3 Å². The number of rotatable bonds is 6. The molecule has 0 aliphatic rings. The molecule has 1 aromatic rings. The van der Waals surface area contributed by atoms with Crippen LogP contribution in [0.15, 0.2) is 24.3 Å². The summed E-state index contributed by atoms with van der Waals surface area (Å²) in [5.74, 6) is 0.00408. The van der Waals surface area contributed by atoms with E-state index in [1.54, 1.807) is 0 Å². The number of carbonyl (C=O) groups excluding carboxylic acids is 1. The average Bonchev–Trinajstić information content (AvgIpc) is 2.29. The lowest BCUT2D eigenvalue weighted by atomic mass is 10.0. The van der Waals surface area contributed by atoms with Crippen LogP contribution in [0.2, 0.25) is 0 Å². The largest absolute Gasteiger partial charge is 0.416 e. The van der Waals surface area contributed by atoms with Gasteiger partial charge in [-0.2, -0.15) is 13.2 Å². The Morgan fingerprint density at radius 2 is 1.83 bits per heavy atom. The summed E-state index contributed by atoms with van der Waals surface area (Å²) in [7, 11) is 1.45. The fourth-order valence-corrected chi connectivity index (χ4v) is 1.58. The summed E-state index contributed by atoms with van der Waals surface area (Å²) in [5.41, 5.74) is 0.148. The lowest BCUT2D eigenvalue weighted by Gasteiger charge is -2.07. The lowest BCUT2D eigenvalue weighted by Crippen LogP contribution is -2.07. The highest BCUT2D eigenvalue weighted by molar-refractivity contribution is 5.79. The zero-order valence-electron chi connectivity index (χ0n) is 10.1. The average molecular weight is 260 g/mol. The van der Waals surface area contributed by atoms with Crippen LogP contribution in [0.25, 0.3) is 0 Å². The molecule has 1 aromatic carbocycles. The van der Waals surface area contributed by atoms with Gasteiger partial charge in [0.1, 0.15) is 6.61 Å². The Bertz CT molecular complexity index is 382. The third-order valence-corrected chi connectivity index (χ3v) is 2.51. The number of benzene rings is 1. The third kappa shape index (κ3) is 4.87. The number of methoxy groups -OCH3 is 1. The summed E-state index contributed by atoms with van der Waals surface area (Å²) in [6.07, 6.45) is -2.71. The minimum atomic E-state index is -4.30. The molecule has 0 aromatic heterocycles. The number of halogens is 3. The Morgan fingerprint density at radius 3 is 2.33 bits per heavy atom. The van der Waals surface area contributed by atoms with Gasteiger partial charge in [0.05, 0.1) is 5.56 Å². The van der Waals surface area contributed by atoms with Crippen LogP contribution in [-0.4, -0.2) is 19.5 Å². The van der Waals surface area contributed by atoms with Gasteiger partial charge in [0, 0.05) is 13.5 Å². The fraction of sp³-hybridized carbons (Fsp3) is 0.462. The molecule has 0 bridgehead atoms. The van der Waals surface area contributed by atoms with Crippen molar-refractivity contribution in [2.24, 2.45) is 0 Å². The summed E-state index contributed by atoms with van der Waals surface area (Å²) in [6, 6.07) is 5.02. The van der Waals surface area contributed by atoms with E-state index in [-0.39, 0.29) is 12.4 Å². The number of ether oxygens (including phenoxy) is 1. The van der Waals surface area contributed by atoms with Crippen molar-refractivity contribution in [2.75, 3.05) is 13.7 Å². The van der Waals surface area contributed by atoms with Crippen molar-refractivity contribution in [3.05, 3.63) is 35.4 Å². The monoisotopic (exact) mass is 260 g/mol. The Morgan fingerprint density at radius 1 is 1.22 bits per heavy atom. The molecule has 0 aliphatic carbocycles. The van der Waals surface area contributed by atoms with Gasteiger partial charge < -0.3 is 4.74 Å². The second kappa shape index (κ2) is 6.54. The molecule has 0 radical (unpaired) electrons. The molecular weight excluding hydrogens is 245 g/mol. The molecule has 0 saturated carbocycles. The van der Waals surface area contributed by atoms with Crippen LogP contribution < -0.4 is 0 Å². The van der Waals surface area contributed by atoms with Crippen molar-refractivity contribution in [1.29, 1.82) is 0 Å². The normalized spacial score (nSPS) is 11.6. The van der Waals surface area contributed by atoms with Crippen molar-refractivity contribution in [1.82, 2.24) is 0 Å². The van der Waals surface area contributed by atoms with Gasteiger partial charge in [-0.15, -0.1) is 0 Å². The number of hydrogen-bond donors (Lipinski definition) is 0. The van der Waals surface area contributed by atoms with Crippen LogP contribution in [0.5, 0.6) is 0 Å². The van der Waals surface area contributed by atoms with E-state index in [0.717, 1.165) is 17.7 Å². The lowest BCUT2D eigenvalue weighted by molar-refractivity contribution is -0.137. The Labute approximate surface area is 104 Å². The second-order valence-corrected chi connectivity index (χ2v) is 4.02. The molecule has 0 N–H and O–H groups in total.